The lowest BCUT2D eigenvalue weighted by Crippen LogP contribution is -2.49. The maximum absolute atomic E-state index is 16.4. The molecule has 1 saturated heterocycles. The van der Waals surface area contributed by atoms with Crippen LogP contribution in [0, 0.1) is 18.6 Å². The lowest BCUT2D eigenvalue weighted by atomic mass is 9.96. The Bertz CT molecular complexity index is 1440. The molecule has 0 spiro atoms. The predicted molar refractivity (Wildman–Crippen MR) is 152 cm³/mol. The SMILES string of the molecule is CC.Cc1c(F)c(N)cc(-c2nc3c4c(nc(N5CCC5CCO)nc4c2F)NCCNCCC(C)O3)c1C(F)(F)F. The minimum absolute atomic E-state index is 0.0601. The van der Waals surface area contributed by atoms with Crippen LogP contribution in [0.2, 0.25) is 0 Å². The van der Waals surface area contributed by atoms with Crippen LogP contribution in [-0.2, 0) is 6.18 Å². The lowest BCUT2D eigenvalue weighted by molar-refractivity contribution is -0.137. The first-order valence-corrected chi connectivity index (χ1v) is 14.1. The number of nitrogens with one attached hydrogen (secondary N) is 2. The third kappa shape index (κ3) is 6.00. The van der Waals surface area contributed by atoms with E-state index in [4.69, 9.17) is 10.5 Å². The number of nitrogens with zero attached hydrogens (tertiary/aromatic N) is 4. The average Bonchev–Trinajstić information content (AvgIpc) is 2.96. The number of hydrogen-bond donors (Lipinski definition) is 4. The summed E-state index contributed by atoms with van der Waals surface area (Å²) in [6, 6.07) is 0.664. The summed E-state index contributed by atoms with van der Waals surface area (Å²) in [6.45, 7) is 8.77. The Morgan fingerprint density at radius 2 is 1.83 bits per heavy atom. The Labute approximate surface area is 240 Å². The van der Waals surface area contributed by atoms with Crippen LogP contribution in [0.25, 0.3) is 22.2 Å². The molecule has 0 amide bonds. The minimum atomic E-state index is -5.03. The fraction of sp³-hybridized carbons (Fsp3) is 0.536. The van der Waals surface area contributed by atoms with Gasteiger partial charge in [0.15, 0.2) is 5.82 Å². The van der Waals surface area contributed by atoms with Gasteiger partial charge in [0.25, 0.3) is 0 Å². The Morgan fingerprint density at radius 3 is 2.48 bits per heavy atom. The zero-order chi connectivity index (χ0) is 30.8. The van der Waals surface area contributed by atoms with Crippen molar-refractivity contribution in [2.45, 2.75) is 65.3 Å². The van der Waals surface area contributed by atoms with Gasteiger partial charge in [0.1, 0.15) is 28.2 Å². The summed E-state index contributed by atoms with van der Waals surface area (Å²) in [5, 5.41) is 15.9. The molecule has 5 rings (SSSR count). The number of aromatic nitrogens is 3. The molecule has 42 heavy (non-hydrogen) atoms. The maximum Gasteiger partial charge on any atom is 0.417 e. The standard InChI is InChI=1S/C26H30F5N7O2.C2H6/c1-12-3-6-33-7-8-34-23-17-22(36-25(37-23)38-9-4-14(38)5-10-39)20(28)21(35-24(17)40-12)15-11-16(32)19(27)13(2)18(15)26(29,30)31;1-2/h11-12,14,33,39H,3-10,32H2,1-2H3,(H,34,36,37);1-2H3. The molecule has 0 radical (unpaired) electrons. The topological polar surface area (TPSA) is 121 Å². The van der Waals surface area contributed by atoms with Crippen LogP contribution >= 0.6 is 0 Å². The van der Waals surface area contributed by atoms with Crippen LogP contribution in [0.5, 0.6) is 5.88 Å². The highest BCUT2D eigenvalue weighted by molar-refractivity contribution is 5.97. The molecule has 2 atom stereocenters. The quantitative estimate of drug-likeness (QED) is 0.242. The lowest BCUT2D eigenvalue weighted by Gasteiger charge is -2.41. The smallest absolute Gasteiger partial charge is 0.417 e. The fourth-order valence-electron chi connectivity index (χ4n) is 5.12. The number of nitrogen functional groups attached to an aromatic ring is 1. The molecule has 14 heteroatoms. The summed E-state index contributed by atoms with van der Waals surface area (Å²) in [7, 11) is 0. The van der Waals surface area contributed by atoms with Crippen LogP contribution in [0.15, 0.2) is 6.07 Å². The van der Waals surface area contributed by atoms with E-state index in [1.807, 2.05) is 13.8 Å². The third-order valence-electron chi connectivity index (χ3n) is 7.30. The molecule has 230 valence electrons. The van der Waals surface area contributed by atoms with Crippen LogP contribution in [0.1, 0.15) is 51.2 Å². The van der Waals surface area contributed by atoms with E-state index in [-0.39, 0.29) is 41.2 Å². The Hall–Kier alpha value is -3.52. The highest BCUT2D eigenvalue weighted by Crippen LogP contribution is 2.45. The molecule has 3 aromatic rings. The first-order chi connectivity index (χ1) is 20.0. The van der Waals surface area contributed by atoms with Crippen molar-refractivity contribution in [3.8, 4) is 17.1 Å². The van der Waals surface area contributed by atoms with Crippen molar-refractivity contribution in [1.29, 1.82) is 0 Å². The molecule has 0 aliphatic carbocycles. The minimum Gasteiger partial charge on any atom is -0.474 e. The van der Waals surface area contributed by atoms with Gasteiger partial charge < -0.3 is 31.1 Å². The van der Waals surface area contributed by atoms with Gasteiger partial charge in [-0.15, -0.1) is 0 Å². The van der Waals surface area contributed by atoms with Crippen molar-refractivity contribution < 1.29 is 31.8 Å². The number of pyridine rings is 1. The molecule has 1 fully saturated rings. The van der Waals surface area contributed by atoms with E-state index in [1.165, 1.54) is 0 Å². The number of alkyl halides is 3. The largest absolute Gasteiger partial charge is 0.474 e. The van der Waals surface area contributed by atoms with Crippen molar-refractivity contribution in [2.24, 2.45) is 0 Å². The van der Waals surface area contributed by atoms with Crippen molar-refractivity contribution in [2.75, 3.05) is 48.7 Å². The molecule has 5 N–H and O–H groups in total. The van der Waals surface area contributed by atoms with Gasteiger partial charge in [-0.3, -0.25) is 0 Å². The summed E-state index contributed by atoms with van der Waals surface area (Å²) in [5.74, 6) is -2.17. The number of nitrogens with two attached hydrogens (primary N) is 1. The number of rotatable bonds is 4. The van der Waals surface area contributed by atoms with E-state index in [1.54, 1.807) is 11.8 Å². The molecule has 1 aromatic carbocycles. The second-order valence-electron chi connectivity index (χ2n) is 10.0. The van der Waals surface area contributed by atoms with Crippen LogP contribution in [0.4, 0.5) is 39.4 Å². The molecule has 9 nitrogen and oxygen atoms in total. The van der Waals surface area contributed by atoms with E-state index in [0.717, 1.165) is 19.4 Å². The summed E-state index contributed by atoms with van der Waals surface area (Å²) in [6.07, 6.45) is -3.72. The van der Waals surface area contributed by atoms with Crippen LogP contribution in [0.3, 0.4) is 0 Å². The Balaban J connectivity index is 0.00000198. The zero-order valence-corrected chi connectivity index (χ0v) is 24.0. The molecule has 2 unspecified atom stereocenters. The molecule has 2 aromatic heterocycles. The summed E-state index contributed by atoms with van der Waals surface area (Å²) in [5.41, 5.74) is 1.25. The molecule has 0 bridgehead atoms. The van der Waals surface area contributed by atoms with E-state index in [9.17, 15) is 22.7 Å². The normalized spacial score (nSPS) is 19.1. The van der Waals surface area contributed by atoms with E-state index >= 15 is 4.39 Å². The number of aliphatic hydroxyl groups excluding tert-OH is 1. The molecular weight excluding hydrogens is 561 g/mol. The monoisotopic (exact) mass is 597 g/mol. The zero-order valence-electron chi connectivity index (χ0n) is 24.0. The number of ether oxygens (including phenoxy) is 1. The second kappa shape index (κ2) is 12.8. The van der Waals surface area contributed by atoms with Gasteiger partial charge in [0.05, 0.1) is 17.4 Å². The molecule has 4 heterocycles. The van der Waals surface area contributed by atoms with E-state index < -0.39 is 52.0 Å². The van der Waals surface area contributed by atoms with Crippen molar-refractivity contribution in [1.82, 2.24) is 20.3 Å². The average molecular weight is 598 g/mol. The number of aliphatic hydroxyl groups is 1. The summed E-state index contributed by atoms with van der Waals surface area (Å²) in [4.78, 5) is 15.1. The molecular formula is C28H36F5N7O2. The first-order valence-electron chi connectivity index (χ1n) is 14.1. The van der Waals surface area contributed by atoms with Crippen LogP contribution in [-0.4, -0.2) is 65.0 Å². The maximum atomic E-state index is 16.4. The highest BCUT2D eigenvalue weighted by Gasteiger charge is 2.39. The summed E-state index contributed by atoms with van der Waals surface area (Å²) < 4.78 is 79.6. The van der Waals surface area contributed by atoms with Crippen molar-refractivity contribution >= 4 is 28.4 Å². The number of hydrogen-bond acceptors (Lipinski definition) is 9. The van der Waals surface area contributed by atoms with E-state index in [2.05, 4.69) is 25.6 Å². The predicted octanol–water partition coefficient (Wildman–Crippen LogP) is 5.04. The van der Waals surface area contributed by atoms with Gasteiger partial charge in [-0.25, -0.2) is 18.7 Å². The van der Waals surface area contributed by atoms with Crippen LogP contribution < -0.4 is 26.0 Å². The molecule has 2 aliphatic heterocycles. The third-order valence-corrected chi connectivity index (χ3v) is 7.30. The second-order valence-corrected chi connectivity index (χ2v) is 10.0. The Morgan fingerprint density at radius 1 is 1.10 bits per heavy atom. The molecule has 0 saturated carbocycles. The van der Waals surface area contributed by atoms with Gasteiger partial charge in [-0.2, -0.15) is 18.2 Å². The van der Waals surface area contributed by atoms with Gasteiger partial charge in [-0.1, -0.05) is 13.8 Å². The fourth-order valence-corrected chi connectivity index (χ4v) is 5.12. The highest BCUT2D eigenvalue weighted by atomic mass is 19.4. The van der Waals surface area contributed by atoms with Gasteiger partial charge >= 0.3 is 6.18 Å². The number of benzene rings is 1. The Kier molecular flexibility index (Phi) is 9.56. The van der Waals surface area contributed by atoms with Gasteiger partial charge in [-0.05, 0) is 51.3 Å². The number of halogens is 5. The summed E-state index contributed by atoms with van der Waals surface area (Å²) >= 11 is 0. The van der Waals surface area contributed by atoms with Gasteiger partial charge in [0, 0.05) is 37.8 Å². The first kappa shape index (κ1) is 31.4. The number of anilines is 3. The van der Waals surface area contributed by atoms with Gasteiger partial charge in [0.2, 0.25) is 11.8 Å². The molecule has 2 aliphatic rings. The van der Waals surface area contributed by atoms with Crippen molar-refractivity contribution in [3.05, 3.63) is 28.8 Å². The van der Waals surface area contributed by atoms with Crippen molar-refractivity contribution in [3.63, 3.8) is 0 Å². The van der Waals surface area contributed by atoms with E-state index in [0.29, 0.717) is 39.0 Å².